The maximum absolute atomic E-state index is 11.6. The van der Waals surface area contributed by atoms with E-state index in [4.69, 9.17) is 0 Å². The summed E-state index contributed by atoms with van der Waals surface area (Å²) in [5.74, 6) is -1.16. The molecule has 0 atom stereocenters. The monoisotopic (exact) mass is 620 g/mol. The van der Waals surface area contributed by atoms with E-state index in [9.17, 15) is 35.5 Å². The van der Waals surface area contributed by atoms with Gasteiger partial charge in [0, 0.05) is 38.7 Å². The van der Waals surface area contributed by atoms with Crippen molar-refractivity contribution in [2.75, 3.05) is 38.7 Å². The molecule has 0 aromatic heterocycles. The molecule has 0 aliphatic rings. The van der Waals surface area contributed by atoms with E-state index in [-0.39, 0.29) is 75.5 Å². The molecule has 2 amide bonds. The van der Waals surface area contributed by atoms with E-state index in [0.29, 0.717) is 0 Å². The van der Waals surface area contributed by atoms with Gasteiger partial charge in [-0.15, -0.1) is 0 Å². The summed E-state index contributed by atoms with van der Waals surface area (Å²) in [5.41, 5.74) is 0. The minimum absolute atomic E-state index is 0. The number of carbonyl (C=O) groups excluding carboxylic acids is 2. The Balaban J connectivity index is -0.000000648. The third kappa shape index (κ3) is 33.6. The normalized spacial score (nSPS) is 11.6. The van der Waals surface area contributed by atoms with Gasteiger partial charge in [-0.1, -0.05) is 64.5 Å². The van der Waals surface area contributed by atoms with Gasteiger partial charge in [0.05, 0.1) is 20.2 Å². The summed E-state index contributed by atoms with van der Waals surface area (Å²) in [5, 5.41) is 0. The zero-order valence-corrected chi connectivity index (χ0v) is 28.1. The number of nitrogens with zero attached hydrogens (tertiary/aromatic N) is 2. The summed E-state index contributed by atoms with van der Waals surface area (Å²) < 4.78 is 62.4. The van der Waals surface area contributed by atoms with Crippen LogP contribution >= 0.6 is 0 Å². The molecule has 0 aromatic carbocycles. The summed E-state index contributed by atoms with van der Waals surface area (Å²) >= 11 is 0. The molecule has 0 aliphatic carbocycles. The molecule has 13 heteroatoms. The number of rotatable bonds is 20. The molecular weight excluding hydrogens is 573 g/mol. The molecule has 0 heterocycles. The minimum atomic E-state index is -4.18. The molecule has 0 saturated carbocycles. The van der Waals surface area contributed by atoms with Crippen molar-refractivity contribution in [3.05, 3.63) is 24.3 Å². The minimum Gasteiger partial charge on any atom is -0.748 e. The first-order chi connectivity index (χ1) is 17.7. The largest absolute Gasteiger partial charge is 2.00 e. The molecule has 0 unspecified atom stereocenters. The maximum atomic E-state index is 11.6. The third-order valence-electron chi connectivity index (χ3n) is 5.50. The molecule has 0 aliphatic heterocycles. The molecule has 10 nitrogen and oxygen atoms in total. The third-order valence-corrected chi connectivity index (χ3v) is 7.08. The smallest absolute Gasteiger partial charge is 0.748 e. The first kappa shape index (κ1) is 43.0. The molecule has 0 N–H and O–H groups in total. The van der Waals surface area contributed by atoms with Crippen molar-refractivity contribution in [2.24, 2.45) is 0 Å². The summed E-state index contributed by atoms with van der Waals surface area (Å²) in [6, 6.07) is 0. The van der Waals surface area contributed by atoms with Crippen molar-refractivity contribution in [3.63, 3.8) is 0 Å². The number of amides is 2. The summed E-state index contributed by atoms with van der Waals surface area (Å²) in [6.07, 6.45) is 18.1. The Hall–Kier alpha value is -0.500. The topological polar surface area (TPSA) is 155 Å². The Labute approximate surface area is 267 Å². The van der Waals surface area contributed by atoms with E-state index < -0.39 is 31.7 Å². The van der Waals surface area contributed by atoms with Crippen molar-refractivity contribution in [3.8, 4) is 0 Å². The van der Waals surface area contributed by atoms with Crippen LogP contribution in [0.3, 0.4) is 0 Å². The fourth-order valence-corrected chi connectivity index (χ4v) is 4.14. The van der Waals surface area contributed by atoms with E-state index in [1.54, 1.807) is 14.1 Å². The Morgan fingerprint density at radius 1 is 0.615 bits per heavy atom. The molecule has 0 aromatic rings. The van der Waals surface area contributed by atoms with Crippen LogP contribution in [0.5, 0.6) is 0 Å². The fourth-order valence-electron chi connectivity index (χ4n) is 3.18. The summed E-state index contributed by atoms with van der Waals surface area (Å²) in [6.45, 7) is 4.85. The van der Waals surface area contributed by atoms with Gasteiger partial charge in [0.15, 0.2) is 0 Å². The Morgan fingerprint density at radius 2 is 0.949 bits per heavy atom. The van der Waals surface area contributed by atoms with Crippen molar-refractivity contribution in [2.45, 2.75) is 90.9 Å². The van der Waals surface area contributed by atoms with Gasteiger partial charge in [-0.2, -0.15) is 0 Å². The van der Waals surface area contributed by atoms with Crippen LogP contribution in [0.2, 0.25) is 0 Å². The molecule has 0 bridgehead atoms. The average Bonchev–Trinajstić information content (AvgIpc) is 2.81. The first-order valence-corrected chi connectivity index (χ1v) is 16.6. The molecule has 0 spiro atoms. The zero-order valence-electron chi connectivity index (χ0n) is 24.3. The first-order valence-electron chi connectivity index (χ1n) is 13.4. The number of carbonyl (C=O) groups is 2. The van der Waals surface area contributed by atoms with Crippen LogP contribution < -0.4 is 0 Å². The number of likely N-dealkylation sites (N-methyl/N-ethyl adjacent to an activating group) is 2. The SMILES string of the molecule is CCCCCC/C=C/C(=O)N(C)CCCS(=O)(=O)[O-].CCCCCC/C=C/C(=O)N(C)CCCS(=O)(=O)[O-].[Ca+2]. The molecule has 0 rings (SSSR count). The predicted octanol–water partition coefficient (Wildman–Crippen LogP) is 3.43. The van der Waals surface area contributed by atoms with Crippen LogP contribution in [0.15, 0.2) is 24.3 Å². The van der Waals surface area contributed by atoms with Crippen molar-refractivity contribution in [1.29, 1.82) is 0 Å². The van der Waals surface area contributed by atoms with Crippen LogP contribution in [0.1, 0.15) is 90.9 Å². The molecule has 0 radical (unpaired) electrons. The molecular formula is C26H48CaN2O8S2. The van der Waals surface area contributed by atoms with E-state index >= 15 is 0 Å². The van der Waals surface area contributed by atoms with E-state index in [2.05, 4.69) is 13.8 Å². The molecule has 0 saturated heterocycles. The van der Waals surface area contributed by atoms with Crippen molar-refractivity contribution < 1.29 is 35.5 Å². The zero-order chi connectivity index (χ0) is 29.5. The Morgan fingerprint density at radius 3 is 1.23 bits per heavy atom. The molecule has 0 fully saturated rings. The molecule has 224 valence electrons. The van der Waals surface area contributed by atoms with E-state index in [0.717, 1.165) is 25.7 Å². The van der Waals surface area contributed by atoms with Gasteiger partial charge in [0.25, 0.3) is 0 Å². The second-order valence-corrected chi connectivity index (χ2v) is 12.3. The van der Waals surface area contributed by atoms with Gasteiger partial charge in [-0.25, -0.2) is 16.8 Å². The van der Waals surface area contributed by atoms with E-state index in [1.807, 2.05) is 12.2 Å². The van der Waals surface area contributed by atoms with Gasteiger partial charge >= 0.3 is 37.7 Å². The van der Waals surface area contributed by atoms with E-state index in [1.165, 1.54) is 60.5 Å². The fraction of sp³-hybridized carbons (Fsp3) is 0.769. The molecule has 39 heavy (non-hydrogen) atoms. The van der Waals surface area contributed by atoms with Gasteiger partial charge in [-0.3, -0.25) is 9.59 Å². The van der Waals surface area contributed by atoms with Gasteiger partial charge in [0.2, 0.25) is 11.8 Å². The standard InChI is InChI=1S/2C13H25NO4S.Ca/c2*1-3-4-5-6-7-8-10-13(15)14(2)11-9-12-19(16,17)18;/h2*8,10H,3-7,9,11-12H2,1-2H3,(H,16,17,18);/q;;+2/p-2/b2*10-8+;. The number of unbranched alkanes of at least 4 members (excludes halogenated alkanes) is 8. The maximum Gasteiger partial charge on any atom is 2.00 e. The number of allylic oxidation sites excluding steroid dienone is 2. The predicted molar refractivity (Wildman–Crippen MR) is 155 cm³/mol. The van der Waals surface area contributed by atoms with Gasteiger partial charge in [-0.05, 0) is 50.7 Å². The van der Waals surface area contributed by atoms with Crippen molar-refractivity contribution in [1.82, 2.24) is 9.80 Å². The van der Waals surface area contributed by atoms with Gasteiger partial charge in [0.1, 0.15) is 0 Å². The second-order valence-electron chi connectivity index (χ2n) is 9.25. The van der Waals surface area contributed by atoms with Crippen LogP contribution in [-0.4, -0.2) is 124 Å². The average molecular weight is 621 g/mol. The Kier molecular flexibility index (Phi) is 29.1. The van der Waals surface area contributed by atoms with Gasteiger partial charge < -0.3 is 18.9 Å². The Bertz CT molecular complexity index is 833. The summed E-state index contributed by atoms with van der Waals surface area (Å²) in [7, 11) is -5.17. The van der Waals surface area contributed by atoms with Crippen LogP contribution in [0.4, 0.5) is 0 Å². The number of hydrogen-bond donors (Lipinski definition) is 0. The van der Waals surface area contributed by atoms with Crippen LogP contribution in [0, 0.1) is 0 Å². The van der Waals surface area contributed by atoms with Crippen LogP contribution in [-0.2, 0) is 29.8 Å². The summed E-state index contributed by atoms with van der Waals surface area (Å²) in [4.78, 5) is 26.0. The van der Waals surface area contributed by atoms with Crippen LogP contribution in [0.25, 0.3) is 0 Å². The number of hydrogen-bond acceptors (Lipinski definition) is 8. The van der Waals surface area contributed by atoms with Crippen molar-refractivity contribution >= 4 is 69.8 Å². The second kappa shape index (κ2) is 26.4. The quantitative estimate of drug-likeness (QED) is 0.0868.